The van der Waals surface area contributed by atoms with Crippen molar-refractivity contribution in [3.63, 3.8) is 0 Å². The van der Waals surface area contributed by atoms with Crippen LogP contribution in [0.4, 0.5) is 8.78 Å². The van der Waals surface area contributed by atoms with Crippen LogP contribution in [0.3, 0.4) is 0 Å². The van der Waals surface area contributed by atoms with Gasteiger partial charge in [0.05, 0.1) is 7.11 Å². The van der Waals surface area contributed by atoms with E-state index in [0.717, 1.165) is 11.1 Å². The molecule has 2 aromatic carbocycles. The zero-order valence-corrected chi connectivity index (χ0v) is 17.6. The van der Waals surface area contributed by atoms with E-state index in [9.17, 15) is 18.4 Å². The number of methoxy groups -OCH3 is 1. The molecule has 0 aliphatic carbocycles. The number of carbonyl (C=O) groups excluding carboxylic acids is 2. The van der Waals surface area contributed by atoms with Crippen LogP contribution in [0.2, 0.25) is 0 Å². The van der Waals surface area contributed by atoms with Crippen molar-refractivity contribution in [3.05, 3.63) is 59.2 Å². The summed E-state index contributed by atoms with van der Waals surface area (Å²) in [7, 11) is 1.58. The molecule has 0 aromatic heterocycles. The summed E-state index contributed by atoms with van der Waals surface area (Å²) in [6.07, 6.45) is 0.828. The van der Waals surface area contributed by atoms with Crippen molar-refractivity contribution in [1.82, 2.24) is 9.80 Å². The molecule has 0 N–H and O–H groups in total. The van der Waals surface area contributed by atoms with E-state index in [1.807, 2.05) is 13.0 Å². The van der Waals surface area contributed by atoms with E-state index in [2.05, 4.69) is 4.74 Å². The number of carbonyl (C=O) groups is 2. The molecule has 1 aliphatic heterocycles. The quantitative estimate of drug-likeness (QED) is 0.672. The lowest BCUT2D eigenvalue weighted by Gasteiger charge is -2.35. The summed E-state index contributed by atoms with van der Waals surface area (Å²) in [5, 5.41) is 0. The monoisotopic (exact) mass is 432 g/mol. The Kier molecular flexibility index (Phi) is 7.44. The average molecular weight is 432 g/mol. The summed E-state index contributed by atoms with van der Waals surface area (Å²) in [6.45, 7) is 0.971. The zero-order chi connectivity index (χ0) is 22.4. The van der Waals surface area contributed by atoms with Crippen LogP contribution >= 0.6 is 0 Å². The fourth-order valence-corrected chi connectivity index (χ4v) is 3.54. The maximum atomic E-state index is 12.8. The molecule has 0 radical (unpaired) electrons. The third kappa shape index (κ3) is 5.93. The molecule has 1 heterocycles. The van der Waals surface area contributed by atoms with Crippen LogP contribution in [0.5, 0.6) is 11.5 Å². The van der Waals surface area contributed by atoms with Gasteiger partial charge in [-0.1, -0.05) is 18.2 Å². The molecule has 6 nitrogen and oxygen atoms in total. The fourth-order valence-electron chi connectivity index (χ4n) is 3.54. The Morgan fingerprint density at radius 2 is 1.65 bits per heavy atom. The number of benzene rings is 2. The Hall–Kier alpha value is -3.16. The lowest BCUT2D eigenvalue weighted by atomic mass is 10.1. The highest BCUT2D eigenvalue weighted by molar-refractivity contribution is 5.95. The van der Waals surface area contributed by atoms with Crippen molar-refractivity contribution in [1.29, 1.82) is 0 Å². The number of hydrogen-bond acceptors (Lipinski definition) is 4. The minimum absolute atomic E-state index is 0.0111. The number of alkyl halides is 2. The van der Waals surface area contributed by atoms with Crippen LogP contribution < -0.4 is 9.47 Å². The van der Waals surface area contributed by atoms with Crippen molar-refractivity contribution in [2.45, 2.75) is 26.4 Å². The molecule has 0 spiro atoms. The lowest BCUT2D eigenvalue weighted by molar-refractivity contribution is -0.132. The van der Waals surface area contributed by atoms with Gasteiger partial charge in [-0.25, -0.2) is 0 Å². The van der Waals surface area contributed by atoms with Gasteiger partial charge in [-0.2, -0.15) is 8.78 Å². The van der Waals surface area contributed by atoms with Gasteiger partial charge in [0.15, 0.2) is 0 Å². The molecule has 8 heteroatoms. The van der Waals surface area contributed by atoms with E-state index in [1.165, 1.54) is 12.1 Å². The van der Waals surface area contributed by atoms with Gasteiger partial charge in [0.25, 0.3) is 5.91 Å². The minimum Gasteiger partial charge on any atom is -0.496 e. The SMILES string of the molecule is COc1cc(C(=O)N2CCN(C(=O)CCc3ccc(OC(F)F)cc3)CC2)ccc1C. The predicted molar refractivity (Wildman–Crippen MR) is 112 cm³/mol. The molecule has 0 saturated carbocycles. The van der Waals surface area contributed by atoms with Gasteiger partial charge in [0.1, 0.15) is 11.5 Å². The molecular formula is C23H26F2N2O4. The largest absolute Gasteiger partial charge is 0.496 e. The molecular weight excluding hydrogens is 406 g/mol. The molecule has 3 rings (SSSR count). The third-order valence-corrected chi connectivity index (χ3v) is 5.35. The zero-order valence-electron chi connectivity index (χ0n) is 17.6. The van der Waals surface area contributed by atoms with E-state index in [0.29, 0.717) is 50.3 Å². The second kappa shape index (κ2) is 10.2. The Balaban J connectivity index is 1.47. The van der Waals surface area contributed by atoms with Crippen LogP contribution in [-0.4, -0.2) is 61.5 Å². The molecule has 0 bridgehead atoms. The molecule has 0 atom stereocenters. The first-order chi connectivity index (χ1) is 14.9. The van der Waals surface area contributed by atoms with Crippen molar-refractivity contribution >= 4 is 11.8 Å². The normalized spacial score (nSPS) is 14.0. The van der Waals surface area contributed by atoms with Crippen molar-refractivity contribution in [3.8, 4) is 11.5 Å². The summed E-state index contributed by atoms with van der Waals surface area (Å²) in [4.78, 5) is 28.8. The Morgan fingerprint density at radius 3 is 2.26 bits per heavy atom. The van der Waals surface area contributed by atoms with Crippen LogP contribution in [0.25, 0.3) is 0 Å². The number of hydrogen-bond donors (Lipinski definition) is 0. The lowest BCUT2D eigenvalue weighted by Crippen LogP contribution is -2.50. The Bertz CT molecular complexity index is 910. The maximum Gasteiger partial charge on any atom is 0.387 e. The number of ether oxygens (including phenoxy) is 2. The Morgan fingerprint density at radius 1 is 1.00 bits per heavy atom. The topological polar surface area (TPSA) is 59.1 Å². The van der Waals surface area contributed by atoms with E-state index >= 15 is 0 Å². The van der Waals surface area contributed by atoms with Gasteiger partial charge in [-0.3, -0.25) is 9.59 Å². The molecule has 0 unspecified atom stereocenters. The number of rotatable bonds is 7. The van der Waals surface area contributed by atoms with Gasteiger partial charge >= 0.3 is 6.61 Å². The summed E-state index contributed by atoms with van der Waals surface area (Å²) < 4.78 is 34.0. The highest BCUT2D eigenvalue weighted by Gasteiger charge is 2.25. The highest BCUT2D eigenvalue weighted by Crippen LogP contribution is 2.21. The van der Waals surface area contributed by atoms with E-state index in [-0.39, 0.29) is 17.6 Å². The summed E-state index contributed by atoms with van der Waals surface area (Å²) in [5.41, 5.74) is 2.41. The van der Waals surface area contributed by atoms with Gasteiger partial charge in [0.2, 0.25) is 5.91 Å². The highest BCUT2D eigenvalue weighted by atomic mass is 19.3. The summed E-state index contributed by atoms with van der Waals surface area (Å²) in [6, 6.07) is 11.7. The number of halogens is 2. The maximum absolute atomic E-state index is 12.8. The van der Waals surface area contributed by atoms with Crippen molar-refractivity contribution in [2.24, 2.45) is 0 Å². The van der Waals surface area contributed by atoms with E-state index in [1.54, 1.807) is 41.2 Å². The van der Waals surface area contributed by atoms with Gasteiger partial charge in [-0.15, -0.1) is 0 Å². The second-order valence-electron chi connectivity index (χ2n) is 7.38. The van der Waals surface area contributed by atoms with Gasteiger partial charge < -0.3 is 19.3 Å². The molecule has 2 aromatic rings. The summed E-state index contributed by atoms with van der Waals surface area (Å²) in [5.74, 6) is 0.707. The number of amides is 2. The molecule has 1 aliphatic rings. The summed E-state index contributed by atoms with van der Waals surface area (Å²) >= 11 is 0. The first-order valence-corrected chi connectivity index (χ1v) is 10.1. The molecule has 31 heavy (non-hydrogen) atoms. The smallest absolute Gasteiger partial charge is 0.387 e. The van der Waals surface area contributed by atoms with Crippen LogP contribution in [0, 0.1) is 6.92 Å². The van der Waals surface area contributed by atoms with Crippen molar-refractivity contribution < 1.29 is 27.8 Å². The molecule has 166 valence electrons. The molecule has 1 fully saturated rings. The average Bonchev–Trinajstić information content (AvgIpc) is 2.78. The molecule has 2 amide bonds. The van der Waals surface area contributed by atoms with E-state index in [4.69, 9.17) is 4.74 Å². The second-order valence-corrected chi connectivity index (χ2v) is 7.38. The number of aryl methyl sites for hydroxylation is 2. The Labute approximate surface area is 180 Å². The van der Waals surface area contributed by atoms with Crippen LogP contribution in [-0.2, 0) is 11.2 Å². The number of piperazine rings is 1. The third-order valence-electron chi connectivity index (χ3n) is 5.35. The number of nitrogens with zero attached hydrogens (tertiary/aromatic N) is 2. The fraction of sp³-hybridized carbons (Fsp3) is 0.391. The van der Waals surface area contributed by atoms with E-state index < -0.39 is 6.61 Å². The molecule has 1 saturated heterocycles. The van der Waals surface area contributed by atoms with Crippen molar-refractivity contribution in [2.75, 3.05) is 33.3 Å². The van der Waals surface area contributed by atoms with Crippen LogP contribution in [0.15, 0.2) is 42.5 Å². The van der Waals surface area contributed by atoms with Gasteiger partial charge in [0, 0.05) is 38.2 Å². The van der Waals surface area contributed by atoms with Gasteiger partial charge in [-0.05, 0) is 48.7 Å². The predicted octanol–water partition coefficient (Wildman–Crippen LogP) is 3.52. The first-order valence-electron chi connectivity index (χ1n) is 10.1. The standard InChI is InChI=1S/C23H26F2N2O4/c1-16-3-7-18(15-20(16)30-2)22(29)27-13-11-26(12-14-27)21(28)10-6-17-4-8-19(9-5-17)31-23(24)25/h3-5,7-9,15,23H,6,10-14H2,1-2H3. The van der Waals surface area contributed by atoms with Crippen LogP contribution in [0.1, 0.15) is 27.9 Å². The first kappa shape index (κ1) is 22.5. The minimum atomic E-state index is -2.86.